The Bertz CT molecular complexity index is 1950. The van der Waals surface area contributed by atoms with Crippen molar-refractivity contribution in [1.82, 2.24) is 19.9 Å². The van der Waals surface area contributed by atoms with Crippen molar-refractivity contribution in [3.05, 3.63) is 106 Å². The maximum absolute atomic E-state index is 11.6. The predicted molar refractivity (Wildman–Crippen MR) is 205 cm³/mol. The van der Waals surface area contributed by atoms with Crippen LogP contribution in [0, 0.1) is 24.2 Å². The zero-order valence-corrected chi connectivity index (χ0v) is 32.1. The first kappa shape index (κ1) is 39.4. The SMILES string of the molecule is C#Cc1ccc2c(c1)C(C)(C)CCS2.CCOC(=O)c1cnc(C#Cc2ccc3c(c2)C(C)(C)CCS3)nc1.CCOC(=O)c1cnc(Cl)nc1. The Labute approximate surface area is 314 Å². The average molecular weight is 741 g/mol. The Morgan fingerprint density at radius 2 is 1.20 bits per heavy atom. The van der Waals surface area contributed by atoms with E-state index >= 15 is 0 Å². The number of nitrogens with zero attached hydrogens (tertiary/aromatic N) is 4. The van der Waals surface area contributed by atoms with Crippen molar-refractivity contribution in [3.63, 3.8) is 0 Å². The summed E-state index contributed by atoms with van der Waals surface area (Å²) in [6, 6.07) is 12.7. The van der Waals surface area contributed by atoms with Gasteiger partial charge in [0.1, 0.15) is 0 Å². The topological polar surface area (TPSA) is 104 Å². The molecule has 8 nitrogen and oxygen atoms in total. The van der Waals surface area contributed by atoms with Crippen LogP contribution in [0.15, 0.2) is 71.0 Å². The third kappa shape index (κ3) is 11.1. The van der Waals surface area contributed by atoms with Gasteiger partial charge >= 0.3 is 11.9 Å². The van der Waals surface area contributed by atoms with Crippen LogP contribution >= 0.6 is 35.1 Å². The Balaban J connectivity index is 0.000000189. The molecular weight excluding hydrogens is 700 g/mol. The van der Waals surface area contributed by atoms with Gasteiger partial charge in [0.05, 0.1) is 24.3 Å². The monoisotopic (exact) mass is 740 g/mol. The molecule has 2 aliphatic rings. The zero-order valence-electron chi connectivity index (χ0n) is 29.7. The molecule has 0 bridgehead atoms. The Kier molecular flexibility index (Phi) is 14.1. The van der Waals surface area contributed by atoms with E-state index < -0.39 is 11.9 Å². The number of halogens is 1. The summed E-state index contributed by atoms with van der Waals surface area (Å²) in [7, 11) is 0. The summed E-state index contributed by atoms with van der Waals surface area (Å²) in [5.41, 5.74) is 5.83. The van der Waals surface area contributed by atoms with Gasteiger partial charge in [0.2, 0.25) is 11.1 Å². The fourth-order valence-corrected chi connectivity index (χ4v) is 8.18. The highest BCUT2D eigenvalue weighted by Gasteiger charge is 2.28. The highest BCUT2D eigenvalue weighted by molar-refractivity contribution is 7.99. The maximum atomic E-state index is 11.6. The van der Waals surface area contributed by atoms with Crippen molar-refractivity contribution in [2.24, 2.45) is 0 Å². The van der Waals surface area contributed by atoms with Gasteiger partial charge in [0, 0.05) is 45.7 Å². The molecule has 2 aliphatic heterocycles. The predicted octanol–water partition coefficient (Wildman–Crippen LogP) is 8.57. The molecule has 0 saturated carbocycles. The van der Waals surface area contributed by atoms with Gasteiger partial charge in [-0.3, -0.25) is 0 Å². The normalized spacial score (nSPS) is 14.5. The van der Waals surface area contributed by atoms with Crippen molar-refractivity contribution in [2.45, 2.75) is 75.0 Å². The molecule has 11 heteroatoms. The summed E-state index contributed by atoms with van der Waals surface area (Å²) in [6.45, 7) is 13.3. The van der Waals surface area contributed by atoms with E-state index in [0.29, 0.717) is 30.2 Å². The van der Waals surface area contributed by atoms with E-state index in [1.54, 1.807) is 13.8 Å². The molecule has 0 aliphatic carbocycles. The van der Waals surface area contributed by atoms with Crippen LogP contribution in [0.4, 0.5) is 0 Å². The van der Waals surface area contributed by atoms with Crippen LogP contribution in [-0.2, 0) is 20.3 Å². The second-order valence-corrected chi connectivity index (χ2v) is 15.4. The van der Waals surface area contributed by atoms with Gasteiger partial charge in [-0.25, -0.2) is 29.5 Å². The second-order valence-electron chi connectivity index (χ2n) is 12.8. The molecular formula is C40H41ClN4O4S2. The first-order chi connectivity index (χ1) is 24.4. The Hall–Kier alpha value is -4.35. The molecule has 0 saturated heterocycles. The third-order valence-corrected chi connectivity index (χ3v) is 10.5. The van der Waals surface area contributed by atoms with Gasteiger partial charge in [0.25, 0.3) is 0 Å². The molecule has 51 heavy (non-hydrogen) atoms. The molecule has 2 aromatic carbocycles. The number of hydrogen-bond acceptors (Lipinski definition) is 10. The van der Waals surface area contributed by atoms with E-state index in [1.807, 2.05) is 35.7 Å². The van der Waals surface area contributed by atoms with Crippen molar-refractivity contribution in [3.8, 4) is 24.2 Å². The number of benzene rings is 2. The van der Waals surface area contributed by atoms with Crippen LogP contribution < -0.4 is 0 Å². The molecule has 0 fully saturated rings. The van der Waals surface area contributed by atoms with E-state index in [4.69, 9.17) is 27.5 Å². The summed E-state index contributed by atoms with van der Waals surface area (Å²) < 4.78 is 9.62. The number of fused-ring (bicyclic) bond motifs is 2. The van der Waals surface area contributed by atoms with Gasteiger partial charge < -0.3 is 9.47 Å². The first-order valence-electron chi connectivity index (χ1n) is 16.5. The largest absolute Gasteiger partial charge is 0.462 e. The lowest BCUT2D eigenvalue weighted by molar-refractivity contribution is 0.0515. The van der Waals surface area contributed by atoms with Crippen LogP contribution in [-0.4, -0.2) is 56.6 Å². The quantitative estimate of drug-likeness (QED) is 0.115. The number of aromatic nitrogens is 4. The Morgan fingerprint density at radius 3 is 1.67 bits per heavy atom. The molecule has 4 heterocycles. The van der Waals surface area contributed by atoms with Gasteiger partial charge in [-0.2, -0.15) is 0 Å². The number of hydrogen-bond donors (Lipinski definition) is 0. The highest BCUT2D eigenvalue weighted by Crippen LogP contribution is 2.42. The fraction of sp³-hybridized carbons (Fsp3) is 0.350. The van der Waals surface area contributed by atoms with E-state index in [1.165, 1.54) is 64.3 Å². The molecule has 0 unspecified atom stereocenters. The minimum Gasteiger partial charge on any atom is -0.462 e. The van der Waals surface area contributed by atoms with E-state index in [-0.39, 0.29) is 16.1 Å². The lowest BCUT2D eigenvalue weighted by Crippen LogP contribution is -2.22. The first-order valence-corrected chi connectivity index (χ1v) is 18.9. The summed E-state index contributed by atoms with van der Waals surface area (Å²) in [6.07, 6.45) is 13.4. The number of carbonyl (C=O) groups excluding carboxylic acids is 2. The number of esters is 2. The minimum absolute atomic E-state index is 0.114. The van der Waals surface area contributed by atoms with Crippen molar-refractivity contribution in [1.29, 1.82) is 0 Å². The number of rotatable bonds is 4. The lowest BCUT2D eigenvalue weighted by Gasteiger charge is -2.32. The van der Waals surface area contributed by atoms with Gasteiger partial charge in [-0.15, -0.1) is 29.9 Å². The molecule has 0 amide bonds. The summed E-state index contributed by atoms with van der Waals surface area (Å²) >= 11 is 9.27. The third-order valence-electron chi connectivity index (χ3n) is 8.17. The van der Waals surface area contributed by atoms with E-state index in [9.17, 15) is 9.59 Å². The van der Waals surface area contributed by atoms with Crippen LogP contribution in [0.5, 0.6) is 0 Å². The minimum atomic E-state index is -0.436. The molecule has 264 valence electrons. The van der Waals surface area contributed by atoms with Crippen molar-refractivity contribution in [2.75, 3.05) is 24.7 Å². The van der Waals surface area contributed by atoms with E-state index in [2.05, 4.69) is 89.7 Å². The number of thioether (sulfide) groups is 2. The lowest BCUT2D eigenvalue weighted by atomic mass is 9.81. The summed E-state index contributed by atoms with van der Waals surface area (Å²) in [4.78, 5) is 40.9. The van der Waals surface area contributed by atoms with Gasteiger partial charge in [-0.05, 0) is 114 Å². The highest BCUT2D eigenvalue weighted by atomic mass is 35.5. The van der Waals surface area contributed by atoms with Crippen LogP contribution in [0.2, 0.25) is 5.28 Å². The average Bonchev–Trinajstić information content (AvgIpc) is 3.12. The molecule has 0 atom stereocenters. The molecule has 4 aromatic rings. The van der Waals surface area contributed by atoms with Crippen LogP contribution in [0.25, 0.3) is 0 Å². The van der Waals surface area contributed by atoms with Crippen LogP contribution in [0.3, 0.4) is 0 Å². The molecule has 6 rings (SSSR count). The molecule has 0 spiro atoms. The summed E-state index contributed by atoms with van der Waals surface area (Å²) in [5.74, 6) is 10.7. The van der Waals surface area contributed by atoms with E-state index in [0.717, 1.165) is 16.9 Å². The number of ether oxygens (including phenoxy) is 2. The van der Waals surface area contributed by atoms with Gasteiger partial charge in [-0.1, -0.05) is 39.5 Å². The number of carbonyl (C=O) groups is 2. The maximum Gasteiger partial charge on any atom is 0.341 e. The van der Waals surface area contributed by atoms with Crippen molar-refractivity contribution >= 4 is 47.1 Å². The fourth-order valence-electron chi connectivity index (χ4n) is 5.11. The smallest absolute Gasteiger partial charge is 0.341 e. The number of terminal acetylenes is 1. The Morgan fingerprint density at radius 1 is 0.745 bits per heavy atom. The standard InChI is InChI=1S/C20H20N2O2S.C13H14S.C7H7ClN2O2/c1-4-24-19(23)15-12-21-18(22-13-15)8-6-14-5-7-17-16(11-14)20(2,3)9-10-25-17;1-4-10-5-6-12-11(9-10)13(2,3)7-8-14-12;1-2-12-6(11)5-3-9-7(8)10-4-5/h5,7,11-13H,4,9-10H2,1-3H3;1,5-6,9H,7-8H2,2-3H3;3-4H,2H2,1H3. The summed E-state index contributed by atoms with van der Waals surface area (Å²) in [5, 5.41) is 0.114. The molecule has 2 aromatic heterocycles. The zero-order chi connectivity index (χ0) is 37.0. The van der Waals surface area contributed by atoms with Gasteiger partial charge in [0.15, 0.2) is 0 Å². The van der Waals surface area contributed by atoms with Crippen LogP contribution in [0.1, 0.15) is 103 Å². The molecule has 0 N–H and O–H groups in total. The molecule has 0 radical (unpaired) electrons. The second kappa shape index (κ2) is 18.2. The van der Waals surface area contributed by atoms with Crippen molar-refractivity contribution < 1.29 is 19.1 Å².